The molecule has 0 bridgehead atoms. The summed E-state index contributed by atoms with van der Waals surface area (Å²) in [7, 11) is 0. The summed E-state index contributed by atoms with van der Waals surface area (Å²) in [6.07, 6.45) is 0. The van der Waals surface area contributed by atoms with Crippen LogP contribution in [0.15, 0.2) is 109 Å². The second-order valence-electron chi connectivity index (χ2n) is 8.59. The Bertz CT molecular complexity index is 1600. The summed E-state index contributed by atoms with van der Waals surface area (Å²) < 4.78 is 0. The van der Waals surface area contributed by atoms with E-state index >= 15 is 0 Å². The fourth-order valence-electron chi connectivity index (χ4n) is 4.52. The Kier molecular flexibility index (Phi) is 4.84. The van der Waals surface area contributed by atoms with Crippen LogP contribution in [0.5, 0.6) is 0 Å². The van der Waals surface area contributed by atoms with E-state index in [0.717, 1.165) is 33.8 Å². The normalized spacial score (nSPS) is 11.2. The molecule has 6 aromatic rings. The van der Waals surface area contributed by atoms with E-state index in [1.807, 2.05) is 30.3 Å². The number of benzene rings is 5. The second-order valence-corrected chi connectivity index (χ2v) is 8.59. The van der Waals surface area contributed by atoms with Crippen molar-refractivity contribution in [3.8, 4) is 5.69 Å². The highest BCUT2D eigenvalue weighted by Crippen LogP contribution is 2.41. The largest absolute Gasteiger partial charge is 0.308 e. The van der Waals surface area contributed by atoms with Gasteiger partial charge in [-0.1, -0.05) is 72.3 Å². The molecule has 0 N–H and O–H groups in total. The number of hydrogen-bond acceptors (Lipinski definition) is 3. The standard InChI is InChI=1S/C30H24N4/c1-21-15-18-23(19-16-21)33(28-20-17-22(2)24-9-3-4-10-25(24)28)29-13-7-8-14-30(29)34-31-26-11-5-6-12-27(26)32-34/h3-20H,1-2H3. The third kappa shape index (κ3) is 3.41. The van der Waals surface area contributed by atoms with Gasteiger partial charge in [-0.05, 0) is 67.3 Å². The third-order valence-corrected chi connectivity index (χ3v) is 6.28. The fraction of sp³-hybridized carbons (Fsp3) is 0.0667. The lowest BCUT2D eigenvalue weighted by Gasteiger charge is -2.28. The van der Waals surface area contributed by atoms with Gasteiger partial charge in [0.05, 0.1) is 11.4 Å². The molecule has 5 aromatic carbocycles. The Morgan fingerprint density at radius 1 is 0.559 bits per heavy atom. The molecule has 34 heavy (non-hydrogen) atoms. The molecule has 4 nitrogen and oxygen atoms in total. The molecule has 0 fully saturated rings. The maximum absolute atomic E-state index is 4.78. The average molecular weight is 441 g/mol. The Balaban J connectivity index is 1.63. The van der Waals surface area contributed by atoms with Gasteiger partial charge in [-0.3, -0.25) is 0 Å². The molecule has 0 aliphatic heterocycles. The van der Waals surface area contributed by atoms with Gasteiger partial charge < -0.3 is 4.90 Å². The first-order chi connectivity index (χ1) is 16.7. The zero-order valence-corrected chi connectivity index (χ0v) is 19.2. The lowest BCUT2D eigenvalue weighted by Crippen LogP contribution is -2.14. The van der Waals surface area contributed by atoms with Gasteiger partial charge in [-0.15, -0.1) is 15.0 Å². The van der Waals surface area contributed by atoms with Gasteiger partial charge >= 0.3 is 0 Å². The van der Waals surface area contributed by atoms with E-state index in [-0.39, 0.29) is 0 Å². The Morgan fingerprint density at radius 2 is 1.18 bits per heavy atom. The van der Waals surface area contributed by atoms with Crippen LogP contribution in [0.2, 0.25) is 0 Å². The molecular formula is C30H24N4. The van der Waals surface area contributed by atoms with Crippen LogP contribution in [0.4, 0.5) is 17.1 Å². The molecule has 164 valence electrons. The number of anilines is 3. The lowest BCUT2D eigenvalue weighted by atomic mass is 10.0. The molecule has 0 aliphatic carbocycles. The van der Waals surface area contributed by atoms with Crippen LogP contribution in [0, 0.1) is 13.8 Å². The molecule has 0 aliphatic rings. The van der Waals surface area contributed by atoms with Gasteiger partial charge in [-0.2, -0.15) is 0 Å². The monoisotopic (exact) mass is 440 g/mol. The van der Waals surface area contributed by atoms with E-state index in [1.165, 1.54) is 21.9 Å². The summed E-state index contributed by atoms with van der Waals surface area (Å²) in [5.41, 5.74) is 8.38. The number of rotatable bonds is 4. The van der Waals surface area contributed by atoms with Crippen molar-refractivity contribution in [2.24, 2.45) is 0 Å². The molecule has 1 aromatic heterocycles. The number of hydrogen-bond donors (Lipinski definition) is 0. The first-order valence-electron chi connectivity index (χ1n) is 11.5. The van der Waals surface area contributed by atoms with Crippen molar-refractivity contribution < 1.29 is 0 Å². The van der Waals surface area contributed by atoms with Crippen molar-refractivity contribution in [2.45, 2.75) is 13.8 Å². The van der Waals surface area contributed by atoms with Gasteiger partial charge in [0.15, 0.2) is 0 Å². The highest BCUT2D eigenvalue weighted by Gasteiger charge is 2.20. The van der Waals surface area contributed by atoms with Crippen LogP contribution in [-0.4, -0.2) is 15.0 Å². The Hall–Kier alpha value is -4.44. The van der Waals surface area contributed by atoms with Gasteiger partial charge in [0, 0.05) is 11.1 Å². The van der Waals surface area contributed by atoms with Crippen molar-refractivity contribution in [3.05, 3.63) is 120 Å². The van der Waals surface area contributed by atoms with Gasteiger partial charge in [0.25, 0.3) is 0 Å². The molecule has 0 saturated heterocycles. The number of aryl methyl sites for hydroxylation is 2. The van der Waals surface area contributed by atoms with Crippen molar-refractivity contribution in [1.82, 2.24) is 15.0 Å². The maximum atomic E-state index is 4.78. The highest BCUT2D eigenvalue weighted by molar-refractivity contribution is 6.01. The SMILES string of the molecule is Cc1ccc(N(c2ccccc2-n2nc3ccccc3n2)c2ccc(C)c3ccccc23)cc1. The minimum atomic E-state index is 0.875. The number of fused-ring (bicyclic) bond motifs is 2. The molecule has 4 heteroatoms. The van der Waals surface area contributed by atoms with Crippen LogP contribution in [0.1, 0.15) is 11.1 Å². The molecule has 0 radical (unpaired) electrons. The van der Waals surface area contributed by atoms with Crippen LogP contribution in [-0.2, 0) is 0 Å². The fourth-order valence-corrected chi connectivity index (χ4v) is 4.52. The van der Waals surface area contributed by atoms with E-state index in [9.17, 15) is 0 Å². The molecule has 0 amide bonds. The summed E-state index contributed by atoms with van der Waals surface area (Å²) >= 11 is 0. The van der Waals surface area contributed by atoms with Gasteiger partial charge in [-0.25, -0.2) is 0 Å². The van der Waals surface area contributed by atoms with E-state index in [1.54, 1.807) is 4.80 Å². The maximum Gasteiger partial charge on any atom is 0.113 e. The second kappa shape index (κ2) is 8.16. The average Bonchev–Trinajstić information content (AvgIpc) is 3.31. The molecule has 6 rings (SSSR count). The van der Waals surface area contributed by atoms with Crippen molar-refractivity contribution in [1.29, 1.82) is 0 Å². The minimum Gasteiger partial charge on any atom is -0.308 e. The first kappa shape index (κ1) is 20.2. The number of aromatic nitrogens is 3. The molecule has 0 spiro atoms. The minimum absolute atomic E-state index is 0.875. The predicted octanol–water partition coefficient (Wildman–Crippen LogP) is 7.66. The topological polar surface area (TPSA) is 34.0 Å². The van der Waals surface area contributed by atoms with E-state index in [0.29, 0.717) is 0 Å². The Labute approximate surface area is 198 Å². The van der Waals surface area contributed by atoms with E-state index < -0.39 is 0 Å². The number of nitrogens with zero attached hydrogens (tertiary/aromatic N) is 4. The first-order valence-corrected chi connectivity index (χ1v) is 11.5. The highest BCUT2D eigenvalue weighted by atomic mass is 15.5. The molecular weight excluding hydrogens is 416 g/mol. The van der Waals surface area contributed by atoms with Crippen molar-refractivity contribution in [3.63, 3.8) is 0 Å². The zero-order valence-electron chi connectivity index (χ0n) is 19.2. The third-order valence-electron chi connectivity index (χ3n) is 6.28. The smallest absolute Gasteiger partial charge is 0.113 e. The van der Waals surface area contributed by atoms with Crippen molar-refractivity contribution >= 4 is 38.9 Å². The van der Waals surface area contributed by atoms with E-state index in [4.69, 9.17) is 10.2 Å². The molecule has 0 saturated carbocycles. The summed E-state index contributed by atoms with van der Waals surface area (Å²) in [5.74, 6) is 0. The van der Waals surface area contributed by atoms with E-state index in [2.05, 4.69) is 97.6 Å². The van der Waals surface area contributed by atoms with Gasteiger partial charge in [0.2, 0.25) is 0 Å². The lowest BCUT2D eigenvalue weighted by molar-refractivity contribution is 0.765. The van der Waals surface area contributed by atoms with Crippen molar-refractivity contribution in [2.75, 3.05) is 4.90 Å². The summed E-state index contributed by atoms with van der Waals surface area (Å²) in [6.45, 7) is 4.28. The molecule has 1 heterocycles. The summed E-state index contributed by atoms with van der Waals surface area (Å²) in [4.78, 5) is 4.06. The van der Waals surface area contributed by atoms with Crippen LogP contribution in [0.3, 0.4) is 0 Å². The molecule has 0 atom stereocenters. The number of para-hydroxylation sites is 2. The van der Waals surface area contributed by atoms with Crippen LogP contribution in [0.25, 0.3) is 27.5 Å². The van der Waals surface area contributed by atoms with Crippen LogP contribution < -0.4 is 4.90 Å². The summed E-state index contributed by atoms with van der Waals surface area (Å²) in [6, 6.07) is 37.9. The predicted molar refractivity (Wildman–Crippen MR) is 141 cm³/mol. The van der Waals surface area contributed by atoms with Crippen LogP contribution >= 0.6 is 0 Å². The zero-order chi connectivity index (χ0) is 23.1. The summed E-state index contributed by atoms with van der Waals surface area (Å²) in [5, 5.41) is 12.0. The molecule has 0 unspecified atom stereocenters. The van der Waals surface area contributed by atoms with Gasteiger partial charge in [0.1, 0.15) is 16.7 Å². The quantitative estimate of drug-likeness (QED) is 0.282. The Morgan fingerprint density at radius 3 is 1.91 bits per heavy atom.